The topological polar surface area (TPSA) is 110 Å². The molecule has 1 aliphatic heterocycles. The van der Waals surface area contributed by atoms with Gasteiger partial charge < -0.3 is 10.1 Å². The molecule has 0 unspecified atom stereocenters. The Balaban J connectivity index is 1.23. The second-order valence-electron chi connectivity index (χ2n) is 7.63. The van der Waals surface area contributed by atoms with Crippen LogP contribution in [-0.2, 0) is 13.1 Å². The Morgan fingerprint density at radius 3 is 3.00 bits per heavy atom. The van der Waals surface area contributed by atoms with Crippen LogP contribution in [0.25, 0.3) is 10.9 Å². The van der Waals surface area contributed by atoms with E-state index in [1.807, 2.05) is 30.3 Å². The lowest BCUT2D eigenvalue weighted by atomic mass is 10.2. The Morgan fingerprint density at radius 2 is 2.10 bits per heavy atom. The summed E-state index contributed by atoms with van der Waals surface area (Å²) >= 11 is 0. The second kappa shape index (κ2) is 6.67. The van der Waals surface area contributed by atoms with Crippen LogP contribution in [0, 0.1) is 0 Å². The molecule has 2 aliphatic rings. The smallest absolute Gasteiger partial charge is 0.331 e. The number of fused-ring (bicyclic) bond motifs is 2. The average molecular weight is 401 g/mol. The molecule has 150 valence electrons. The molecule has 3 aromatic heterocycles. The number of H-pyrrole nitrogens is 1. The molecule has 4 heterocycles. The standard InChI is InChI=1S/C21H19N7O2/c29-21(25-19-8-16(26-27-19)12-1-2-12)28-6-5-13-7-14(3-4-18(13)28)30-20-15-9-22-10-17(15)23-11-24-20/h3-8,11-12,22H,1-2,9-10H2,(H2,25,26,27,29). The fourth-order valence-corrected chi connectivity index (χ4v) is 3.80. The molecule has 1 amide bonds. The minimum absolute atomic E-state index is 0.257. The molecule has 30 heavy (non-hydrogen) atoms. The highest BCUT2D eigenvalue weighted by Crippen LogP contribution is 2.39. The maximum absolute atomic E-state index is 12.7. The quantitative estimate of drug-likeness (QED) is 0.483. The van der Waals surface area contributed by atoms with Crippen LogP contribution in [0.5, 0.6) is 11.6 Å². The highest BCUT2D eigenvalue weighted by molar-refractivity contribution is 5.98. The number of anilines is 1. The maximum atomic E-state index is 12.7. The van der Waals surface area contributed by atoms with Gasteiger partial charge in [0.1, 0.15) is 12.1 Å². The highest BCUT2D eigenvalue weighted by atomic mass is 16.5. The molecular formula is C21H19N7O2. The van der Waals surface area contributed by atoms with Crippen molar-refractivity contribution >= 4 is 22.8 Å². The zero-order valence-corrected chi connectivity index (χ0v) is 16.1. The minimum atomic E-state index is -0.257. The molecule has 1 aromatic carbocycles. The molecule has 0 bridgehead atoms. The van der Waals surface area contributed by atoms with E-state index >= 15 is 0 Å². The van der Waals surface area contributed by atoms with Gasteiger partial charge in [0, 0.05) is 42.4 Å². The number of nitrogens with zero attached hydrogens (tertiary/aromatic N) is 4. The van der Waals surface area contributed by atoms with E-state index in [0.717, 1.165) is 34.4 Å². The Bertz CT molecular complexity index is 1270. The summed E-state index contributed by atoms with van der Waals surface area (Å²) in [5.74, 6) is 2.32. The maximum Gasteiger partial charge on any atom is 0.331 e. The molecule has 9 heteroatoms. The summed E-state index contributed by atoms with van der Waals surface area (Å²) < 4.78 is 7.58. The zero-order chi connectivity index (χ0) is 20.1. The third-order valence-electron chi connectivity index (χ3n) is 5.53. The van der Waals surface area contributed by atoms with Crippen molar-refractivity contribution < 1.29 is 9.53 Å². The van der Waals surface area contributed by atoms with E-state index in [1.54, 1.807) is 10.8 Å². The number of nitrogens with one attached hydrogen (secondary N) is 3. The van der Waals surface area contributed by atoms with E-state index in [1.165, 1.54) is 19.2 Å². The third kappa shape index (κ3) is 3.00. The summed E-state index contributed by atoms with van der Waals surface area (Å²) in [7, 11) is 0. The van der Waals surface area contributed by atoms with Gasteiger partial charge in [-0.1, -0.05) is 0 Å². The molecule has 0 saturated heterocycles. The van der Waals surface area contributed by atoms with Crippen LogP contribution in [0.2, 0.25) is 0 Å². The van der Waals surface area contributed by atoms with Gasteiger partial charge in [-0.05, 0) is 37.1 Å². The van der Waals surface area contributed by atoms with Crippen LogP contribution < -0.4 is 15.4 Å². The number of aromatic amines is 1. The molecule has 4 aromatic rings. The number of hydrogen-bond acceptors (Lipinski definition) is 6. The molecule has 0 radical (unpaired) electrons. The van der Waals surface area contributed by atoms with Gasteiger partial charge in [0.05, 0.1) is 16.8 Å². The van der Waals surface area contributed by atoms with Gasteiger partial charge in [0.2, 0.25) is 5.88 Å². The molecule has 1 saturated carbocycles. The van der Waals surface area contributed by atoms with Crippen molar-refractivity contribution in [2.45, 2.75) is 31.8 Å². The van der Waals surface area contributed by atoms with Crippen LogP contribution in [0.3, 0.4) is 0 Å². The monoisotopic (exact) mass is 401 g/mol. The Hall–Kier alpha value is -3.72. The molecule has 3 N–H and O–H groups in total. The minimum Gasteiger partial charge on any atom is -0.439 e. The SMILES string of the molecule is O=C(Nc1cc(C2CC2)[nH]n1)n1ccc2cc(Oc3ncnc4c3CNC4)ccc21. The van der Waals surface area contributed by atoms with E-state index in [0.29, 0.717) is 29.9 Å². The average Bonchev–Trinajstić information content (AvgIpc) is 3.15. The first-order valence-corrected chi connectivity index (χ1v) is 9.94. The first-order chi connectivity index (χ1) is 14.7. The number of carbonyl (C=O) groups is 1. The molecule has 0 atom stereocenters. The van der Waals surface area contributed by atoms with Gasteiger partial charge in [0.15, 0.2) is 5.82 Å². The van der Waals surface area contributed by atoms with Crippen LogP contribution >= 0.6 is 0 Å². The van der Waals surface area contributed by atoms with Gasteiger partial charge in [-0.15, -0.1) is 0 Å². The predicted octanol–water partition coefficient (Wildman–Crippen LogP) is 3.51. The molecule has 0 spiro atoms. The summed E-state index contributed by atoms with van der Waals surface area (Å²) in [6.07, 6.45) is 5.61. The van der Waals surface area contributed by atoms with Crippen molar-refractivity contribution in [2.75, 3.05) is 5.32 Å². The Morgan fingerprint density at radius 1 is 1.17 bits per heavy atom. The summed E-state index contributed by atoms with van der Waals surface area (Å²) in [6.45, 7) is 1.42. The first-order valence-electron chi connectivity index (χ1n) is 9.94. The third-order valence-corrected chi connectivity index (χ3v) is 5.53. The molecule has 9 nitrogen and oxygen atoms in total. The van der Waals surface area contributed by atoms with Crippen LogP contribution in [-0.4, -0.2) is 30.8 Å². The van der Waals surface area contributed by atoms with Gasteiger partial charge in [-0.25, -0.2) is 14.8 Å². The molecule has 1 aliphatic carbocycles. The number of benzene rings is 1. The largest absolute Gasteiger partial charge is 0.439 e. The van der Waals surface area contributed by atoms with Gasteiger partial charge in [-0.2, -0.15) is 5.10 Å². The van der Waals surface area contributed by atoms with E-state index in [2.05, 4.69) is 30.8 Å². The number of carbonyl (C=O) groups excluding carboxylic acids is 1. The molecule has 6 rings (SSSR count). The summed E-state index contributed by atoms with van der Waals surface area (Å²) in [6, 6.07) is 9.13. The van der Waals surface area contributed by atoms with E-state index in [-0.39, 0.29) is 6.03 Å². The lowest BCUT2D eigenvalue weighted by molar-refractivity contribution is 0.254. The van der Waals surface area contributed by atoms with Gasteiger partial charge >= 0.3 is 6.03 Å². The van der Waals surface area contributed by atoms with Crippen molar-refractivity contribution in [1.82, 2.24) is 30.0 Å². The van der Waals surface area contributed by atoms with Crippen molar-refractivity contribution in [3.8, 4) is 11.6 Å². The van der Waals surface area contributed by atoms with Crippen molar-refractivity contribution in [1.29, 1.82) is 0 Å². The normalized spacial score (nSPS) is 15.3. The van der Waals surface area contributed by atoms with E-state index in [4.69, 9.17) is 4.74 Å². The number of amides is 1. The zero-order valence-electron chi connectivity index (χ0n) is 16.1. The van der Waals surface area contributed by atoms with E-state index < -0.39 is 0 Å². The summed E-state index contributed by atoms with van der Waals surface area (Å²) in [5.41, 5.74) is 3.81. The molecular weight excluding hydrogens is 382 g/mol. The van der Waals surface area contributed by atoms with Crippen LogP contribution in [0.15, 0.2) is 42.9 Å². The number of hydrogen-bond donors (Lipinski definition) is 3. The van der Waals surface area contributed by atoms with Crippen LogP contribution in [0.4, 0.5) is 10.6 Å². The van der Waals surface area contributed by atoms with Gasteiger partial charge in [-0.3, -0.25) is 15.0 Å². The lowest BCUT2D eigenvalue weighted by Crippen LogP contribution is -2.18. The highest BCUT2D eigenvalue weighted by Gasteiger charge is 2.26. The number of aromatic nitrogens is 5. The van der Waals surface area contributed by atoms with Gasteiger partial charge in [0.25, 0.3) is 0 Å². The number of ether oxygens (including phenoxy) is 1. The molecule has 1 fully saturated rings. The Kier molecular flexibility index (Phi) is 3.81. The predicted molar refractivity (Wildman–Crippen MR) is 110 cm³/mol. The fraction of sp³-hybridized carbons (Fsp3) is 0.238. The second-order valence-corrected chi connectivity index (χ2v) is 7.63. The van der Waals surface area contributed by atoms with Crippen molar-refractivity contribution in [3.63, 3.8) is 0 Å². The number of rotatable bonds is 4. The van der Waals surface area contributed by atoms with Crippen molar-refractivity contribution in [2.24, 2.45) is 0 Å². The van der Waals surface area contributed by atoms with Crippen molar-refractivity contribution in [3.05, 3.63) is 59.8 Å². The summed E-state index contributed by atoms with van der Waals surface area (Å²) in [4.78, 5) is 21.3. The Labute approximate surface area is 171 Å². The first kappa shape index (κ1) is 17.2. The lowest BCUT2D eigenvalue weighted by Gasteiger charge is -2.09. The summed E-state index contributed by atoms with van der Waals surface area (Å²) in [5, 5.41) is 14.2. The van der Waals surface area contributed by atoms with E-state index in [9.17, 15) is 4.79 Å². The van der Waals surface area contributed by atoms with Crippen LogP contribution in [0.1, 0.15) is 35.7 Å². The fourth-order valence-electron chi connectivity index (χ4n) is 3.80.